The van der Waals surface area contributed by atoms with Gasteiger partial charge in [0, 0.05) is 25.8 Å². The fourth-order valence-corrected chi connectivity index (χ4v) is 7.28. The first-order chi connectivity index (χ1) is 21.0. The number of sulfonamides is 1. The van der Waals surface area contributed by atoms with Crippen LogP contribution in [0.25, 0.3) is 0 Å². The van der Waals surface area contributed by atoms with Gasteiger partial charge in [-0.3, -0.25) is 0 Å². The molecule has 0 saturated heterocycles. The standard InChI is InChI=1S/C32H50N2O9SSi/c1-23(2)20-34(44(38,39)26-14-15-29-30(19-26)42-22-41-29)21-28(35)27(33-31(36)37)18-24-10-12-25(13-11-24)40-16-8-9-17-43-45(6,7)32(3,4)5/h10-15,19,23,27-28,33,35H,8-9,16-18,20-22H2,1-7H3,(H,36,37)/t27-,28-/m0/s1. The summed E-state index contributed by atoms with van der Waals surface area (Å²) in [5.41, 5.74) is 0.761. The molecule has 11 nitrogen and oxygen atoms in total. The molecule has 2 atom stereocenters. The van der Waals surface area contributed by atoms with Gasteiger partial charge in [0.1, 0.15) is 5.75 Å². The molecule has 0 fully saturated rings. The molecule has 0 saturated carbocycles. The number of ether oxygens (including phenoxy) is 3. The van der Waals surface area contributed by atoms with Crippen molar-refractivity contribution in [3.05, 3.63) is 48.0 Å². The molecular weight excluding hydrogens is 617 g/mol. The van der Waals surface area contributed by atoms with Crippen LogP contribution in [0.4, 0.5) is 4.79 Å². The molecule has 0 radical (unpaired) electrons. The lowest BCUT2D eigenvalue weighted by atomic mass is 10.0. The minimum Gasteiger partial charge on any atom is -0.494 e. The topological polar surface area (TPSA) is 144 Å². The van der Waals surface area contributed by atoms with E-state index in [0.29, 0.717) is 30.5 Å². The molecule has 0 bridgehead atoms. The van der Waals surface area contributed by atoms with Crippen molar-refractivity contribution in [1.29, 1.82) is 0 Å². The third-order valence-corrected chi connectivity index (χ3v) is 14.5. The van der Waals surface area contributed by atoms with Gasteiger partial charge in [-0.2, -0.15) is 4.31 Å². The van der Waals surface area contributed by atoms with Gasteiger partial charge in [-0.15, -0.1) is 0 Å². The minimum absolute atomic E-state index is 0.000978. The lowest BCUT2D eigenvalue weighted by molar-refractivity contribution is 0.0980. The van der Waals surface area contributed by atoms with Crippen LogP contribution in [0.1, 0.15) is 53.0 Å². The van der Waals surface area contributed by atoms with Crippen molar-refractivity contribution in [3.8, 4) is 17.2 Å². The van der Waals surface area contributed by atoms with E-state index in [2.05, 4.69) is 39.2 Å². The molecular formula is C32H50N2O9SSi. The first kappa shape index (κ1) is 36.6. The summed E-state index contributed by atoms with van der Waals surface area (Å²) in [5, 5.41) is 23.2. The maximum absolute atomic E-state index is 13.6. The fraction of sp³-hybridized carbons (Fsp3) is 0.594. The van der Waals surface area contributed by atoms with Crippen LogP contribution in [0.15, 0.2) is 47.4 Å². The van der Waals surface area contributed by atoms with Crippen molar-refractivity contribution in [2.24, 2.45) is 5.92 Å². The highest BCUT2D eigenvalue weighted by Crippen LogP contribution is 2.37. The zero-order valence-electron chi connectivity index (χ0n) is 27.5. The predicted molar refractivity (Wildman–Crippen MR) is 175 cm³/mol. The van der Waals surface area contributed by atoms with Gasteiger partial charge in [0.2, 0.25) is 16.8 Å². The highest BCUT2D eigenvalue weighted by Gasteiger charge is 2.37. The first-order valence-electron chi connectivity index (χ1n) is 15.4. The maximum Gasteiger partial charge on any atom is 0.404 e. The Morgan fingerprint density at radius 2 is 1.67 bits per heavy atom. The Balaban J connectivity index is 1.60. The number of aliphatic hydroxyl groups excluding tert-OH is 1. The van der Waals surface area contributed by atoms with Gasteiger partial charge in [0.05, 0.1) is 23.6 Å². The summed E-state index contributed by atoms with van der Waals surface area (Å²) in [7, 11) is -5.80. The number of nitrogens with zero attached hydrogens (tertiary/aromatic N) is 1. The van der Waals surface area contributed by atoms with Crippen LogP contribution in [-0.2, 0) is 20.9 Å². The molecule has 1 amide bonds. The molecule has 252 valence electrons. The van der Waals surface area contributed by atoms with Crippen LogP contribution in [0, 0.1) is 5.92 Å². The largest absolute Gasteiger partial charge is 0.494 e. The third-order valence-electron chi connectivity index (χ3n) is 8.17. The van der Waals surface area contributed by atoms with Gasteiger partial charge in [-0.05, 0) is 73.1 Å². The Kier molecular flexibility index (Phi) is 12.7. The van der Waals surface area contributed by atoms with Gasteiger partial charge in [0.15, 0.2) is 19.8 Å². The number of carbonyl (C=O) groups is 1. The minimum atomic E-state index is -4.04. The van der Waals surface area contributed by atoms with Gasteiger partial charge in [0.25, 0.3) is 0 Å². The molecule has 1 aliphatic heterocycles. The zero-order chi connectivity index (χ0) is 33.4. The number of aliphatic hydroxyl groups is 1. The summed E-state index contributed by atoms with van der Waals surface area (Å²) in [6.07, 6.45) is -0.727. The number of rotatable bonds is 17. The Labute approximate surface area is 269 Å². The zero-order valence-corrected chi connectivity index (χ0v) is 29.4. The molecule has 1 heterocycles. The molecule has 2 aromatic rings. The summed E-state index contributed by atoms with van der Waals surface area (Å²) < 4.78 is 51.2. The van der Waals surface area contributed by atoms with Crippen LogP contribution in [0.5, 0.6) is 17.2 Å². The number of benzene rings is 2. The van der Waals surface area contributed by atoms with Crippen LogP contribution in [-0.4, -0.2) is 82.6 Å². The Bertz CT molecular complexity index is 1360. The van der Waals surface area contributed by atoms with Crippen molar-refractivity contribution in [1.82, 2.24) is 9.62 Å². The molecule has 0 unspecified atom stereocenters. The summed E-state index contributed by atoms with van der Waals surface area (Å²) in [6, 6.07) is 10.6. The summed E-state index contributed by atoms with van der Waals surface area (Å²) >= 11 is 0. The van der Waals surface area contributed by atoms with Crippen molar-refractivity contribution in [3.63, 3.8) is 0 Å². The lowest BCUT2D eigenvalue weighted by Gasteiger charge is -2.36. The van der Waals surface area contributed by atoms with Crippen LogP contribution >= 0.6 is 0 Å². The molecule has 1 aliphatic rings. The van der Waals surface area contributed by atoms with E-state index in [9.17, 15) is 23.4 Å². The number of fused-ring (bicyclic) bond motifs is 1. The normalized spacial score (nSPS) is 14.9. The Hall–Kier alpha value is -2.84. The van der Waals surface area contributed by atoms with Gasteiger partial charge in [-0.1, -0.05) is 46.8 Å². The van der Waals surface area contributed by atoms with E-state index in [-0.39, 0.29) is 42.2 Å². The second-order valence-corrected chi connectivity index (χ2v) is 20.1. The molecule has 0 aromatic heterocycles. The molecule has 2 aromatic carbocycles. The van der Waals surface area contributed by atoms with Crippen molar-refractivity contribution < 1.29 is 42.1 Å². The average molecular weight is 667 g/mol. The molecule has 0 spiro atoms. The monoisotopic (exact) mass is 666 g/mol. The van der Waals surface area contributed by atoms with E-state index in [0.717, 1.165) is 18.4 Å². The average Bonchev–Trinajstić information content (AvgIpc) is 3.42. The highest BCUT2D eigenvalue weighted by molar-refractivity contribution is 7.89. The van der Waals surface area contributed by atoms with Gasteiger partial charge >= 0.3 is 6.09 Å². The summed E-state index contributed by atoms with van der Waals surface area (Å²) in [6.45, 7) is 16.0. The van der Waals surface area contributed by atoms with E-state index in [1.54, 1.807) is 12.1 Å². The van der Waals surface area contributed by atoms with E-state index >= 15 is 0 Å². The highest BCUT2D eigenvalue weighted by atomic mass is 32.2. The van der Waals surface area contributed by atoms with Gasteiger partial charge in [-0.25, -0.2) is 13.2 Å². The predicted octanol–water partition coefficient (Wildman–Crippen LogP) is 5.48. The number of hydrogen-bond acceptors (Lipinski definition) is 8. The van der Waals surface area contributed by atoms with Crippen molar-refractivity contribution >= 4 is 24.4 Å². The molecule has 13 heteroatoms. The quantitative estimate of drug-likeness (QED) is 0.148. The number of unbranched alkanes of at least 4 members (excludes halogenated alkanes) is 1. The molecule has 45 heavy (non-hydrogen) atoms. The number of hydrogen-bond donors (Lipinski definition) is 3. The van der Waals surface area contributed by atoms with Crippen molar-refractivity contribution in [2.75, 3.05) is 33.1 Å². The Morgan fingerprint density at radius 3 is 2.29 bits per heavy atom. The first-order valence-corrected chi connectivity index (χ1v) is 19.8. The molecule has 3 rings (SSSR count). The van der Waals surface area contributed by atoms with E-state index in [1.165, 1.54) is 22.5 Å². The second kappa shape index (κ2) is 15.6. The molecule has 3 N–H and O–H groups in total. The van der Waals surface area contributed by atoms with Gasteiger partial charge < -0.3 is 34.2 Å². The lowest BCUT2D eigenvalue weighted by Crippen LogP contribution is -2.50. The van der Waals surface area contributed by atoms with Crippen LogP contribution < -0.4 is 19.5 Å². The second-order valence-electron chi connectivity index (χ2n) is 13.4. The van der Waals surface area contributed by atoms with E-state index < -0.39 is 36.6 Å². The van der Waals surface area contributed by atoms with E-state index in [4.69, 9.17) is 18.6 Å². The van der Waals surface area contributed by atoms with Crippen LogP contribution in [0.3, 0.4) is 0 Å². The maximum atomic E-state index is 13.6. The fourth-order valence-electron chi connectivity index (χ4n) is 4.56. The smallest absolute Gasteiger partial charge is 0.404 e. The van der Waals surface area contributed by atoms with Crippen LogP contribution in [0.2, 0.25) is 18.1 Å². The Morgan fingerprint density at radius 1 is 1.02 bits per heavy atom. The molecule has 0 aliphatic carbocycles. The van der Waals surface area contributed by atoms with E-state index in [1.807, 2.05) is 26.0 Å². The number of nitrogens with one attached hydrogen (secondary N) is 1. The van der Waals surface area contributed by atoms with Crippen molar-refractivity contribution in [2.45, 2.75) is 89.1 Å². The summed E-state index contributed by atoms with van der Waals surface area (Å²) in [5.74, 6) is 1.42. The summed E-state index contributed by atoms with van der Waals surface area (Å²) in [4.78, 5) is 11.6. The SMILES string of the molecule is CC(C)CN(C[C@H](O)[C@H](Cc1ccc(OCCCCO[Si](C)(C)C(C)(C)C)cc1)NC(=O)O)S(=O)(=O)c1ccc2c(c1)OCO2. The third kappa shape index (κ3) is 10.6. The number of amides is 1. The number of carboxylic acid groups (broad SMARTS) is 1.